The quantitative estimate of drug-likeness (QED) is 0.471. The van der Waals surface area contributed by atoms with Crippen LogP contribution in [-0.2, 0) is 5.33 Å². The summed E-state index contributed by atoms with van der Waals surface area (Å²) in [5.74, 6) is 0.339. The number of nitro groups is 1. The molecule has 0 saturated carbocycles. The Kier molecular flexibility index (Phi) is 4.34. The van der Waals surface area contributed by atoms with Gasteiger partial charge < -0.3 is 4.74 Å². The average molecular weight is 344 g/mol. The van der Waals surface area contributed by atoms with Crippen molar-refractivity contribution in [2.75, 3.05) is 0 Å². The van der Waals surface area contributed by atoms with E-state index in [9.17, 15) is 10.1 Å². The third-order valence-electron chi connectivity index (χ3n) is 2.28. The van der Waals surface area contributed by atoms with Gasteiger partial charge in [0.05, 0.1) is 4.92 Å². The molecule has 0 radical (unpaired) electrons. The fourth-order valence-corrected chi connectivity index (χ4v) is 1.88. The summed E-state index contributed by atoms with van der Waals surface area (Å²) in [4.78, 5) is 14.4. The first-order valence-electron chi connectivity index (χ1n) is 5.23. The number of hydrogen-bond acceptors (Lipinski definition) is 4. The minimum absolute atomic E-state index is 0.0663. The maximum atomic E-state index is 10.9. The van der Waals surface area contributed by atoms with Crippen LogP contribution in [-0.4, -0.2) is 9.91 Å². The summed E-state index contributed by atoms with van der Waals surface area (Å²) in [5.41, 5.74) is 0.823. The molecule has 0 bridgehead atoms. The first-order valence-corrected chi connectivity index (χ1v) is 6.73. The summed E-state index contributed by atoms with van der Waals surface area (Å²) in [6, 6.07) is 7.58. The van der Waals surface area contributed by atoms with E-state index in [0.29, 0.717) is 10.4 Å². The van der Waals surface area contributed by atoms with Crippen molar-refractivity contribution >= 4 is 33.2 Å². The zero-order chi connectivity index (χ0) is 13.8. The van der Waals surface area contributed by atoms with Crippen molar-refractivity contribution in [3.8, 4) is 11.6 Å². The zero-order valence-corrected chi connectivity index (χ0v) is 11.9. The molecule has 2 aromatic rings. The molecule has 0 aliphatic carbocycles. The third-order valence-corrected chi connectivity index (χ3v) is 3.17. The van der Waals surface area contributed by atoms with E-state index < -0.39 is 4.92 Å². The van der Waals surface area contributed by atoms with Crippen LogP contribution in [0, 0.1) is 10.1 Å². The monoisotopic (exact) mass is 342 g/mol. The maximum absolute atomic E-state index is 10.9. The molecule has 0 fully saturated rings. The number of nitro benzene ring substituents is 1. The smallest absolute Gasteiger partial charge is 0.311 e. The first-order chi connectivity index (χ1) is 9.10. The normalized spacial score (nSPS) is 10.2. The number of nitrogens with zero attached hydrogens (tertiary/aromatic N) is 2. The van der Waals surface area contributed by atoms with Crippen molar-refractivity contribution in [3.05, 3.63) is 57.2 Å². The highest BCUT2D eigenvalue weighted by Crippen LogP contribution is 2.33. The molecule has 0 amide bonds. The number of aromatic nitrogens is 1. The maximum Gasteiger partial charge on any atom is 0.311 e. The van der Waals surface area contributed by atoms with Gasteiger partial charge in [0, 0.05) is 34.7 Å². The molecule has 1 aromatic heterocycles. The van der Waals surface area contributed by atoms with Gasteiger partial charge in [-0.2, -0.15) is 0 Å². The fourth-order valence-electron chi connectivity index (χ4n) is 1.38. The molecule has 5 nitrogen and oxygen atoms in total. The molecule has 19 heavy (non-hydrogen) atoms. The lowest BCUT2D eigenvalue weighted by Gasteiger charge is -2.06. The number of halogens is 2. The second kappa shape index (κ2) is 5.99. The van der Waals surface area contributed by atoms with E-state index >= 15 is 0 Å². The Hall–Kier alpha value is -1.66. The summed E-state index contributed by atoms with van der Waals surface area (Å²) in [6.45, 7) is 0. The lowest BCUT2D eigenvalue weighted by Crippen LogP contribution is -1.95. The summed E-state index contributed by atoms with van der Waals surface area (Å²) in [6.07, 6.45) is 1.63. The van der Waals surface area contributed by atoms with Crippen molar-refractivity contribution in [3.63, 3.8) is 0 Å². The molecule has 1 heterocycles. The Morgan fingerprint density at radius 3 is 2.74 bits per heavy atom. The molecule has 7 heteroatoms. The summed E-state index contributed by atoms with van der Waals surface area (Å²) in [5, 5.41) is 11.9. The molecule has 98 valence electrons. The highest BCUT2D eigenvalue weighted by molar-refractivity contribution is 9.08. The van der Waals surface area contributed by atoms with E-state index in [1.54, 1.807) is 12.3 Å². The van der Waals surface area contributed by atoms with Gasteiger partial charge in [-0.3, -0.25) is 10.1 Å². The second-order valence-corrected chi connectivity index (χ2v) is 4.61. The number of hydrogen-bond donors (Lipinski definition) is 0. The molecule has 0 aliphatic heterocycles. The number of benzene rings is 1. The number of rotatable bonds is 4. The van der Waals surface area contributed by atoms with Crippen molar-refractivity contribution in [1.29, 1.82) is 0 Å². The third kappa shape index (κ3) is 3.42. The highest BCUT2D eigenvalue weighted by Gasteiger charge is 2.16. The van der Waals surface area contributed by atoms with Crippen molar-refractivity contribution in [1.82, 2.24) is 4.98 Å². The van der Waals surface area contributed by atoms with E-state index in [-0.39, 0.29) is 17.3 Å². The van der Waals surface area contributed by atoms with Crippen LogP contribution in [0.1, 0.15) is 5.56 Å². The SMILES string of the molecule is O=[N+]([O-])c1ccc(Cl)cc1Oc1ccc(CBr)cn1. The summed E-state index contributed by atoms with van der Waals surface area (Å²) in [7, 11) is 0. The highest BCUT2D eigenvalue weighted by atomic mass is 79.9. The second-order valence-electron chi connectivity index (χ2n) is 3.61. The van der Waals surface area contributed by atoms with Gasteiger partial charge in [0.1, 0.15) is 0 Å². The van der Waals surface area contributed by atoms with Gasteiger partial charge in [-0.15, -0.1) is 0 Å². The van der Waals surface area contributed by atoms with Gasteiger partial charge in [0.15, 0.2) is 0 Å². The molecule has 0 unspecified atom stereocenters. The van der Waals surface area contributed by atoms with Gasteiger partial charge in [0.25, 0.3) is 0 Å². The van der Waals surface area contributed by atoms with Crippen LogP contribution >= 0.6 is 27.5 Å². The van der Waals surface area contributed by atoms with Crippen molar-refractivity contribution in [2.24, 2.45) is 0 Å². The average Bonchev–Trinajstić information content (AvgIpc) is 2.39. The minimum Gasteiger partial charge on any atom is -0.432 e. The van der Waals surface area contributed by atoms with E-state index in [4.69, 9.17) is 16.3 Å². The van der Waals surface area contributed by atoms with Crippen LogP contribution < -0.4 is 4.74 Å². The first kappa shape index (κ1) is 13.8. The van der Waals surface area contributed by atoms with Gasteiger partial charge >= 0.3 is 5.69 Å². The van der Waals surface area contributed by atoms with Gasteiger partial charge in [-0.1, -0.05) is 33.6 Å². The molecule has 0 saturated heterocycles. The predicted molar refractivity (Wildman–Crippen MR) is 75.0 cm³/mol. The van der Waals surface area contributed by atoms with E-state index in [1.807, 2.05) is 6.07 Å². The van der Waals surface area contributed by atoms with Crippen LogP contribution in [0.5, 0.6) is 11.6 Å². The van der Waals surface area contributed by atoms with Crippen LogP contribution in [0.3, 0.4) is 0 Å². The lowest BCUT2D eigenvalue weighted by molar-refractivity contribution is -0.385. The van der Waals surface area contributed by atoms with Crippen LogP contribution in [0.25, 0.3) is 0 Å². The lowest BCUT2D eigenvalue weighted by atomic mass is 10.3. The van der Waals surface area contributed by atoms with E-state index in [0.717, 1.165) is 5.56 Å². The zero-order valence-electron chi connectivity index (χ0n) is 9.55. The Bertz CT molecular complexity index is 604. The van der Waals surface area contributed by atoms with Crippen LogP contribution in [0.15, 0.2) is 36.5 Å². The van der Waals surface area contributed by atoms with Crippen molar-refractivity contribution < 1.29 is 9.66 Å². The molecule has 0 spiro atoms. The van der Waals surface area contributed by atoms with Gasteiger partial charge in [-0.05, 0) is 11.6 Å². The largest absolute Gasteiger partial charge is 0.432 e. The molecular formula is C12H8BrClN2O3. The number of ether oxygens (including phenoxy) is 1. The molecule has 2 rings (SSSR count). The van der Waals surface area contributed by atoms with Crippen molar-refractivity contribution in [2.45, 2.75) is 5.33 Å². The minimum atomic E-state index is -0.529. The fraction of sp³-hybridized carbons (Fsp3) is 0.0833. The predicted octanol–water partition coefficient (Wildman–Crippen LogP) is 4.33. The standard InChI is InChI=1S/C12H8BrClN2O3/c13-6-8-1-4-12(15-7-8)19-11-5-9(14)2-3-10(11)16(17)18/h1-5,7H,6H2. The number of pyridine rings is 1. The Morgan fingerprint density at radius 1 is 1.37 bits per heavy atom. The Balaban J connectivity index is 2.31. The number of alkyl halides is 1. The Labute approximate surface area is 122 Å². The molecule has 0 N–H and O–H groups in total. The molecule has 1 aromatic carbocycles. The molecular weight excluding hydrogens is 336 g/mol. The molecule has 0 aliphatic rings. The van der Waals surface area contributed by atoms with Crippen LogP contribution in [0.4, 0.5) is 5.69 Å². The van der Waals surface area contributed by atoms with Crippen LogP contribution in [0.2, 0.25) is 5.02 Å². The Morgan fingerprint density at radius 2 is 2.16 bits per heavy atom. The summed E-state index contributed by atoms with van der Waals surface area (Å²) >= 11 is 9.11. The summed E-state index contributed by atoms with van der Waals surface area (Å²) < 4.78 is 5.40. The van der Waals surface area contributed by atoms with Gasteiger partial charge in [-0.25, -0.2) is 4.98 Å². The molecule has 0 atom stereocenters. The topological polar surface area (TPSA) is 65.3 Å². The van der Waals surface area contributed by atoms with Gasteiger partial charge in [0.2, 0.25) is 11.6 Å². The van der Waals surface area contributed by atoms with E-state index in [1.165, 1.54) is 18.2 Å². The van der Waals surface area contributed by atoms with E-state index in [2.05, 4.69) is 20.9 Å².